The van der Waals surface area contributed by atoms with Crippen LogP contribution in [-0.4, -0.2) is 39.9 Å². The highest BCUT2D eigenvalue weighted by molar-refractivity contribution is 5.28. The van der Waals surface area contributed by atoms with Gasteiger partial charge < -0.3 is 5.32 Å². The van der Waals surface area contributed by atoms with Crippen molar-refractivity contribution in [1.29, 1.82) is 0 Å². The van der Waals surface area contributed by atoms with Gasteiger partial charge in [0, 0.05) is 49.5 Å². The number of piperazine rings is 1. The molecule has 0 saturated carbocycles. The lowest BCUT2D eigenvalue weighted by molar-refractivity contribution is 0.0844. The van der Waals surface area contributed by atoms with E-state index < -0.39 is 0 Å². The van der Waals surface area contributed by atoms with E-state index in [1.54, 1.807) is 0 Å². The van der Waals surface area contributed by atoms with E-state index >= 15 is 0 Å². The largest absolute Gasteiger partial charge is 0.311 e. The minimum atomic E-state index is 0.449. The molecule has 1 fully saturated rings. The molecule has 20 heavy (non-hydrogen) atoms. The lowest BCUT2D eigenvalue weighted by Gasteiger charge is -2.43. The first-order valence-corrected chi connectivity index (χ1v) is 7.98. The van der Waals surface area contributed by atoms with Crippen LogP contribution in [0.15, 0.2) is 0 Å². The average molecular weight is 278 g/mol. The Hall–Kier alpha value is -0.870. The van der Waals surface area contributed by atoms with Gasteiger partial charge in [0.25, 0.3) is 0 Å². The highest BCUT2D eigenvalue weighted by atomic mass is 15.3. The zero-order valence-corrected chi connectivity index (χ0v) is 13.9. The molecule has 1 aliphatic heterocycles. The van der Waals surface area contributed by atoms with Gasteiger partial charge in [0.15, 0.2) is 0 Å². The monoisotopic (exact) mass is 278 g/mol. The third kappa shape index (κ3) is 2.77. The van der Waals surface area contributed by atoms with Crippen molar-refractivity contribution in [3.05, 3.63) is 17.0 Å². The summed E-state index contributed by atoms with van der Waals surface area (Å²) in [5, 5.41) is 8.27. The van der Waals surface area contributed by atoms with Gasteiger partial charge in [-0.3, -0.25) is 9.58 Å². The molecule has 3 atom stereocenters. The highest BCUT2D eigenvalue weighted by Gasteiger charge is 2.32. The lowest BCUT2D eigenvalue weighted by Crippen LogP contribution is -2.56. The molecule has 1 saturated heterocycles. The van der Waals surface area contributed by atoms with Crippen molar-refractivity contribution in [3.63, 3.8) is 0 Å². The highest BCUT2D eigenvalue weighted by Crippen LogP contribution is 2.30. The van der Waals surface area contributed by atoms with Gasteiger partial charge in [-0.25, -0.2) is 0 Å². The molecule has 1 aliphatic rings. The van der Waals surface area contributed by atoms with Crippen LogP contribution in [0.1, 0.15) is 56.6 Å². The smallest absolute Gasteiger partial charge is 0.0644 e. The Labute approximate surface area is 123 Å². The second-order valence-corrected chi connectivity index (χ2v) is 6.16. The Morgan fingerprint density at radius 2 is 2.00 bits per heavy atom. The molecule has 0 amide bonds. The van der Waals surface area contributed by atoms with E-state index in [4.69, 9.17) is 0 Å². The van der Waals surface area contributed by atoms with Crippen molar-refractivity contribution in [3.8, 4) is 0 Å². The normalized spacial score (nSPS) is 25.9. The predicted octanol–water partition coefficient (Wildman–Crippen LogP) is 2.56. The first-order valence-electron chi connectivity index (χ1n) is 7.98. The standard InChI is InChI=1S/C16H30N4/c1-7-14-10-20(15(8-2)9-17-14)13(5)16-11(3)18-19(6)12(16)4/h13-15,17H,7-10H2,1-6H3. The van der Waals surface area contributed by atoms with E-state index in [9.17, 15) is 0 Å². The van der Waals surface area contributed by atoms with Gasteiger partial charge in [-0.2, -0.15) is 5.10 Å². The summed E-state index contributed by atoms with van der Waals surface area (Å²) in [6.07, 6.45) is 2.40. The minimum Gasteiger partial charge on any atom is -0.311 e. The molecule has 2 rings (SSSR count). The minimum absolute atomic E-state index is 0.449. The van der Waals surface area contributed by atoms with Crippen LogP contribution in [0.5, 0.6) is 0 Å². The summed E-state index contributed by atoms with van der Waals surface area (Å²) in [4.78, 5) is 2.68. The first-order chi connectivity index (χ1) is 9.49. The number of aromatic nitrogens is 2. The number of hydrogen-bond donors (Lipinski definition) is 1. The molecule has 1 aromatic heterocycles. The van der Waals surface area contributed by atoms with Crippen LogP contribution in [0.4, 0.5) is 0 Å². The molecule has 1 N–H and O–H groups in total. The number of aryl methyl sites for hydroxylation is 2. The number of nitrogens with one attached hydrogen (secondary N) is 1. The Morgan fingerprint density at radius 3 is 2.50 bits per heavy atom. The van der Waals surface area contributed by atoms with E-state index in [1.165, 1.54) is 29.8 Å². The third-order valence-electron chi connectivity index (χ3n) is 4.99. The average Bonchev–Trinajstić information content (AvgIpc) is 2.70. The molecule has 0 radical (unpaired) electrons. The Balaban J connectivity index is 2.26. The predicted molar refractivity (Wildman–Crippen MR) is 84.0 cm³/mol. The zero-order chi connectivity index (χ0) is 14.9. The van der Waals surface area contributed by atoms with Gasteiger partial charge in [0.1, 0.15) is 0 Å². The third-order valence-corrected chi connectivity index (χ3v) is 4.99. The van der Waals surface area contributed by atoms with Crippen LogP contribution in [0.25, 0.3) is 0 Å². The van der Waals surface area contributed by atoms with Gasteiger partial charge in [0.2, 0.25) is 0 Å². The summed E-state index contributed by atoms with van der Waals surface area (Å²) in [6.45, 7) is 13.5. The van der Waals surface area contributed by atoms with Crippen molar-refractivity contribution < 1.29 is 0 Å². The fraction of sp³-hybridized carbons (Fsp3) is 0.812. The van der Waals surface area contributed by atoms with Crippen LogP contribution in [0.3, 0.4) is 0 Å². The van der Waals surface area contributed by atoms with Gasteiger partial charge in [-0.1, -0.05) is 13.8 Å². The lowest BCUT2D eigenvalue weighted by atomic mass is 9.98. The van der Waals surface area contributed by atoms with Gasteiger partial charge in [-0.15, -0.1) is 0 Å². The Bertz CT molecular complexity index is 452. The van der Waals surface area contributed by atoms with E-state index in [-0.39, 0.29) is 0 Å². The Morgan fingerprint density at radius 1 is 1.30 bits per heavy atom. The molecule has 0 bridgehead atoms. The summed E-state index contributed by atoms with van der Waals surface area (Å²) < 4.78 is 2.02. The van der Waals surface area contributed by atoms with E-state index in [0.717, 1.165) is 13.1 Å². The molecule has 114 valence electrons. The summed E-state index contributed by atoms with van der Waals surface area (Å²) >= 11 is 0. The van der Waals surface area contributed by atoms with Crippen molar-refractivity contribution in [2.24, 2.45) is 7.05 Å². The van der Waals surface area contributed by atoms with Gasteiger partial charge in [-0.05, 0) is 33.6 Å². The summed E-state index contributed by atoms with van der Waals surface area (Å²) in [5.41, 5.74) is 3.90. The van der Waals surface area contributed by atoms with Gasteiger partial charge in [0.05, 0.1) is 5.69 Å². The summed E-state index contributed by atoms with van der Waals surface area (Å²) in [7, 11) is 2.04. The Kier molecular flexibility index (Phi) is 4.86. The maximum absolute atomic E-state index is 4.59. The maximum Gasteiger partial charge on any atom is 0.0644 e. The second-order valence-electron chi connectivity index (χ2n) is 6.16. The second kappa shape index (κ2) is 6.27. The molecule has 3 unspecified atom stereocenters. The maximum atomic E-state index is 4.59. The molecule has 1 aromatic rings. The van der Waals surface area contributed by atoms with Crippen molar-refractivity contribution in [2.45, 2.75) is 65.6 Å². The van der Waals surface area contributed by atoms with E-state index in [1.807, 2.05) is 11.7 Å². The zero-order valence-electron chi connectivity index (χ0n) is 13.9. The molecule has 4 heteroatoms. The molecule has 2 heterocycles. The number of nitrogens with zero attached hydrogens (tertiary/aromatic N) is 3. The van der Waals surface area contributed by atoms with Crippen molar-refractivity contribution in [2.75, 3.05) is 13.1 Å². The molecule has 0 spiro atoms. The van der Waals surface area contributed by atoms with Crippen LogP contribution in [-0.2, 0) is 7.05 Å². The van der Waals surface area contributed by atoms with Crippen LogP contribution >= 0.6 is 0 Å². The SMILES string of the molecule is CCC1CN(C(C)c2c(C)nn(C)c2C)C(CC)CN1. The van der Waals surface area contributed by atoms with Gasteiger partial charge >= 0.3 is 0 Å². The molecule has 4 nitrogen and oxygen atoms in total. The van der Waals surface area contributed by atoms with Crippen LogP contribution in [0, 0.1) is 13.8 Å². The molecule has 0 aromatic carbocycles. The summed E-state index contributed by atoms with van der Waals surface area (Å²) in [6, 6.07) is 1.70. The van der Waals surface area contributed by atoms with Crippen molar-refractivity contribution in [1.82, 2.24) is 20.0 Å². The van der Waals surface area contributed by atoms with E-state index in [0.29, 0.717) is 18.1 Å². The fourth-order valence-electron chi connectivity index (χ4n) is 3.58. The first kappa shape index (κ1) is 15.5. The van der Waals surface area contributed by atoms with E-state index in [2.05, 4.69) is 49.9 Å². The summed E-state index contributed by atoms with van der Waals surface area (Å²) in [5.74, 6) is 0. The number of hydrogen-bond acceptors (Lipinski definition) is 3. The fourth-order valence-corrected chi connectivity index (χ4v) is 3.58. The number of rotatable bonds is 4. The van der Waals surface area contributed by atoms with Crippen LogP contribution in [0.2, 0.25) is 0 Å². The van der Waals surface area contributed by atoms with Crippen molar-refractivity contribution >= 4 is 0 Å². The quantitative estimate of drug-likeness (QED) is 0.919. The molecular weight excluding hydrogens is 248 g/mol. The molecular formula is C16H30N4. The van der Waals surface area contributed by atoms with Crippen LogP contribution < -0.4 is 5.32 Å². The topological polar surface area (TPSA) is 33.1 Å². The molecule has 0 aliphatic carbocycles.